The van der Waals surface area contributed by atoms with Crippen LogP contribution in [0.5, 0.6) is 5.75 Å². The van der Waals surface area contributed by atoms with E-state index < -0.39 is 11.7 Å². The van der Waals surface area contributed by atoms with E-state index in [0.29, 0.717) is 32.9 Å². The zero-order valence-corrected chi connectivity index (χ0v) is 17.4. The summed E-state index contributed by atoms with van der Waals surface area (Å²) in [6.07, 6.45) is 0. The molecule has 9 heteroatoms. The SMILES string of the molecule is COc1ccccc1-c1csc2nc(NC(=O)c3cc(C)nc4ccc(F)cc34)nn12. The smallest absolute Gasteiger partial charge is 0.258 e. The van der Waals surface area contributed by atoms with E-state index in [4.69, 9.17) is 4.74 Å². The molecule has 0 spiro atoms. The Morgan fingerprint density at radius 1 is 1.16 bits per heavy atom. The van der Waals surface area contributed by atoms with Crippen LogP contribution in [0, 0.1) is 12.7 Å². The number of carbonyl (C=O) groups excluding carboxylic acids is 1. The van der Waals surface area contributed by atoms with Crippen molar-refractivity contribution in [1.29, 1.82) is 0 Å². The van der Waals surface area contributed by atoms with Gasteiger partial charge in [0.05, 0.1) is 23.9 Å². The number of halogens is 1. The minimum absolute atomic E-state index is 0.159. The molecule has 0 bridgehead atoms. The quantitative estimate of drug-likeness (QED) is 0.444. The largest absolute Gasteiger partial charge is 0.496 e. The summed E-state index contributed by atoms with van der Waals surface area (Å²) in [6.45, 7) is 1.78. The first-order valence-corrected chi connectivity index (χ1v) is 10.3. The number of nitrogens with zero attached hydrogens (tertiary/aromatic N) is 4. The van der Waals surface area contributed by atoms with E-state index in [-0.39, 0.29) is 5.95 Å². The molecule has 1 N–H and O–H groups in total. The standard InChI is InChI=1S/C22H16FN5O2S/c1-12-9-16(15-10-13(23)7-8-17(15)24-12)20(29)25-21-26-22-28(27-21)18(11-31-22)14-5-3-4-6-19(14)30-2/h3-11H,1-2H3,(H,25,27,29). The summed E-state index contributed by atoms with van der Waals surface area (Å²) < 4.78 is 20.9. The Morgan fingerprint density at radius 2 is 2.00 bits per heavy atom. The van der Waals surface area contributed by atoms with E-state index in [1.54, 1.807) is 30.7 Å². The van der Waals surface area contributed by atoms with Crippen LogP contribution in [-0.2, 0) is 0 Å². The van der Waals surface area contributed by atoms with Gasteiger partial charge in [0, 0.05) is 22.0 Å². The third-order valence-corrected chi connectivity index (χ3v) is 5.65. The molecule has 5 aromatic rings. The molecule has 0 unspecified atom stereocenters. The molecule has 0 atom stereocenters. The second kappa shape index (κ2) is 7.44. The van der Waals surface area contributed by atoms with Gasteiger partial charge in [-0.25, -0.2) is 8.91 Å². The van der Waals surface area contributed by atoms with Crippen LogP contribution in [0.2, 0.25) is 0 Å². The maximum absolute atomic E-state index is 13.8. The van der Waals surface area contributed by atoms with Gasteiger partial charge in [-0.1, -0.05) is 12.1 Å². The summed E-state index contributed by atoms with van der Waals surface area (Å²) in [5, 5.41) is 9.53. The summed E-state index contributed by atoms with van der Waals surface area (Å²) >= 11 is 1.40. The fourth-order valence-electron chi connectivity index (χ4n) is 3.46. The lowest BCUT2D eigenvalue weighted by molar-refractivity contribution is 0.102. The molecule has 7 nitrogen and oxygen atoms in total. The van der Waals surface area contributed by atoms with Crippen molar-refractivity contribution in [2.75, 3.05) is 12.4 Å². The van der Waals surface area contributed by atoms with E-state index in [1.165, 1.54) is 23.5 Å². The third kappa shape index (κ3) is 3.38. The van der Waals surface area contributed by atoms with Crippen LogP contribution in [-0.4, -0.2) is 32.6 Å². The van der Waals surface area contributed by atoms with Crippen LogP contribution < -0.4 is 10.1 Å². The molecule has 3 heterocycles. The molecule has 0 aliphatic heterocycles. The maximum atomic E-state index is 13.8. The molecule has 0 aliphatic rings. The summed E-state index contributed by atoms with van der Waals surface area (Å²) in [5.74, 6) is 0.00328. The number of rotatable bonds is 4. The Kier molecular flexibility index (Phi) is 4.59. The Labute approximate surface area is 180 Å². The topological polar surface area (TPSA) is 81.4 Å². The number of fused-ring (bicyclic) bond motifs is 2. The number of amides is 1. The van der Waals surface area contributed by atoms with Crippen LogP contribution in [0.1, 0.15) is 16.1 Å². The summed E-state index contributed by atoms with van der Waals surface area (Å²) in [7, 11) is 1.61. The van der Waals surface area contributed by atoms with Crippen LogP contribution in [0.15, 0.2) is 53.9 Å². The molecule has 0 saturated carbocycles. The predicted octanol–water partition coefficient (Wildman–Crippen LogP) is 4.71. The van der Waals surface area contributed by atoms with E-state index >= 15 is 0 Å². The van der Waals surface area contributed by atoms with Crippen LogP contribution >= 0.6 is 11.3 Å². The number of aromatic nitrogens is 4. The molecule has 1 amide bonds. The predicted molar refractivity (Wildman–Crippen MR) is 117 cm³/mol. The normalized spacial score (nSPS) is 11.2. The van der Waals surface area contributed by atoms with Crippen molar-refractivity contribution in [2.24, 2.45) is 0 Å². The first-order chi connectivity index (χ1) is 15.0. The Hall–Kier alpha value is -3.85. The van der Waals surface area contributed by atoms with Gasteiger partial charge in [0.15, 0.2) is 0 Å². The molecule has 0 radical (unpaired) electrons. The second-order valence-corrected chi connectivity index (χ2v) is 7.71. The fourth-order valence-corrected chi connectivity index (χ4v) is 4.29. The van der Waals surface area contributed by atoms with Crippen molar-refractivity contribution in [3.63, 3.8) is 0 Å². The molecule has 154 valence electrons. The molecule has 0 fully saturated rings. The lowest BCUT2D eigenvalue weighted by Crippen LogP contribution is -2.14. The number of carbonyl (C=O) groups is 1. The number of benzene rings is 2. The highest BCUT2D eigenvalue weighted by Crippen LogP contribution is 2.32. The number of nitrogens with one attached hydrogen (secondary N) is 1. The van der Waals surface area contributed by atoms with Crippen LogP contribution in [0.25, 0.3) is 27.1 Å². The van der Waals surface area contributed by atoms with Gasteiger partial charge in [0.1, 0.15) is 11.6 Å². The molecular formula is C22H16FN5O2S. The number of thiazole rings is 1. The number of para-hydroxylation sites is 1. The number of anilines is 1. The maximum Gasteiger partial charge on any atom is 0.258 e. The molecule has 0 aliphatic carbocycles. The minimum atomic E-state index is -0.436. The molecule has 31 heavy (non-hydrogen) atoms. The van der Waals surface area contributed by atoms with Gasteiger partial charge in [-0.2, -0.15) is 4.98 Å². The van der Waals surface area contributed by atoms with Crippen molar-refractivity contribution in [3.05, 3.63) is 71.0 Å². The van der Waals surface area contributed by atoms with Gasteiger partial charge in [0.2, 0.25) is 4.96 Å². The Balaban J connectivity index is 1.52. The van der Waals surface area contributed by atoms with Crippen molar-refractivity contribution in [1.82, 2.24) is 19.6 Å². The van der Waals surface area contributed by atoms with Crippen molar-refractivity contribution in [2.45, 2.75) is 6.92 Å². The highest BCUT2D eigenvalue weighted by atomic mass is 32.1. The van der Waals surface area contributed by atoms with E-state index in [9.17, 15) is 9.18 Å². The van der Waals surface area contributed by atoms with Gasteiger partial charge in [-0.3, -0.25) is 15.1 Å². The molecule has 2 aromatic carbocycles. The van der Waals surface area contributed by atoms with Crippen molar-refractivity contribution in [3.8, 4) is 17.0 Å². The summed E-state index contributed by atoms with van der Waals surface area (Å²) in [5.41, 5.74) is 3.18. The minimum Gasteiger partial charge on any atom is -0.496 e. The van der Waals surface area contributed by atoms with Gasteiger partial charge in [-0.05, 0) is 43.3 Å². The van der Waals surface area contributed by atoms with Crippen molar-refractivity contribution < 1.29 is 13.9 Å². The lowest BCUT2D eigenvalue weighted by Gasteiger charge is -2.07. The Morgan fingerprint density at radius 3 is 2.84 bits per heavy atom. The lowest BCUT2D eigenvalue weighted by atomic mass is 10.1. The highest BCUT2D eigenvalue weighted by Gasteiger charge is 2.18. The van der Waals surface area contributed by atoms with E-state index in [0.717, 1.165) is 11.3 Å². The highest BCUT2D eigenvalue weighted by molar-refractivity contribution is 7.15. The number of ether oxygens (including phenoxy) is 1. The monoisotopic (exact) mass is 433 g/mol. The van der Waals surface area contributed by atoms with Gasteiger partial charge in [0.25, 0.3) is 11.9 Å². The van der Waals surface area contributed by atoms with Crippen LogP contribution in [0.4, 0.5) is 10.3 Å². The number of aryl methyl sites for hydroxylation is 1. The number of pyridine rings is 1. The summed E-state index contributed by atoms with van der Waals surface area (Å²) in [6, 6.07) is 13.4. The number of hydrogen-bond acceptors (Lipinski definition) is 6. The average Bonchev–Trinajstić information content (AvgIpc) is 3.33. The van der Waals surface area contributed by atoms with Gasteiger partial charge < -0.3 is 4.74 Å². The number of methoxy groups -OCH3 is 1. The van der Waals surface area contributed by atoms with Crippen LogP contribution in [0.3, 0.4) is 0 Å². The first kappa shape index (κ1) is 19.1. The van der Waals surface area contributed by atoms with E-state index in [2.05, 4.69) is 20.4 Å². The molecule has 3 aromatic heterocycles. The molecule has 5 rings (SSSR count). The van der Waals surface area contributed by atoms with Gasteiger partial charge in [-0.15, -0.1) is 16.4 Å². The van der Waals surface area contributed by atoms with Gasteiger partial charge >= 0.3 is 0 Å². The average molecular weight is 433 g/mol. The van der Waals surface area contributed by atoms with Crippen molar-refractivity contribution >= 4 is 39.1 Å². The van der Waals surface area contributed by atoms with E-state index in [1.807, 2.05) is 29.6 Å². The summed E-state index contributed by atoms with van der Waals surface area (Å²) in [4.78, 5) is 22.4. The molecule has 0 saturated heterocycles. The Bertz CT molecular complexity index is 1460. The first-order valence-electron chi connectivity index (χ1n) is 9.39. The molecular weight excluding hydrogens is 417 g/mol. The second-order valence-electron chi connectivity index (χ2n) is 6.88. The zero-order valence-electron chi connectivity index (χ0n) is 16.6. The number of hydrogen-bond donors (Lipinski definition) is 1. The fraction of sp³-hybridized carbons (Fsp3) is 0.0909. The third-order valence-electron chi connectivity index (χ3n) is 4.83. The zero-order chi connectivity index (χ0) is 21.5.